The molecule has 9 heteroatoms. The van der Waals surface area contributed by atoms with Gasteiger partial charge in [0.1, 0.15) is 5.82 Å². The van der Waals surface area contributed by atoms with Gasteiger partial charge in [-0.05, 0) is 44.5 Å². The highest BCUT2D eigenvalue weighted by Gasteiger charge is 2.37. The number of aromatic nitrogens is 1. The quantitative estimate of drug-likeness (QED) is 0.436. The smallest absolute Gasteiger partial charge is 0.371 e. The third-order valence-corrected chi connectivity index (χ3v) is 5.82. The minimum Gasteiger partial charge on any atom is -0.371 e. The standard InChI is InChI=1S/C20H22F3N3OS.ClH/c1-12-13(2)28-17(19(12)20(21,22)23)11-24-8-5-9-25-18-10-16(27)14-6-3-4-7-15(14)26-18;/h3-4,6-7,10,24H,5,8-9,11H2,1-2H3,(H2,25,26,27);1H. The second kappa shape index (κ2) is 9.65. The van der Waals surface area contributed by atoms with Crippen molar-refractivity contribution in [1.29, 1.82) is 0 Å². The molecule has 0 radical (unpaired) electrons. The van der Waals surface area contributed by atoms with Crippen molar-refractivity contribution in [2.24, 2.45) is 0 Å². The Labute approximate surface area is 176 Å². The molecular formula is C20H23ClF3N3OS. The van der Waals surface area contributed by atoms with Gasteiger partial charge >= 0.3 is 6.18 Å². The van der Waals surface area contributed by atoms with Crippen LogP contribution in [0.4, 0.5) is 19.0 Å². The van der Waals surface area contributed by atoms with Crippen LogP contribution < -0.4 is 16.1 Å². The first kappa shape index (κ1) is 23.3. The van der Waals surface area contributed by atoms with Gasteiger partial charge in [-0.15, -0.1) is 23.7 Å². The molecule has 0 unspecified atom stereocenters. The normalized spacial score (nSPS) is 11.5. The van der Waals surface area contributed by atoms with Crippen LogP contribution >= 0.6 is 23.7 Å². The van der Waals surface area contributed by atoms with Crippen LogP contribution in [0.2, 0.25) is 0 Å². The molecule has 0 fully saturated rings. The fraction of sp³-hybridized carbons (Fsp3) is 0.350. The van der Waals surface area contributed by atoms with Crippen LogP contribution in [-0.2, 0) is 12.7 Å². The van der Waals surface area contributed by atoms with Crippen molar-refractivity contribution in [3.63, 3.8) is 0 Å². The summed E-state index contributed by atoms with van der Waals surface area (Å²) < 4.78 is 39.7. The number of rotatable bonds is 7. The van der Waals surface area contributed by atoms with Crippen LogP contribution in [-0.4, -0.2) is 18.1 Å². The zero-order valence-electron chi connectivity index (χ0n) is 16.1. The summed E-state index contributed by atoms with van der Waals surface area (Å²) in [4.78, 5) is 16.3. The summed E-state index contributed by atoms with van der Waals surface area (Å²) >= 11 is 1.19. The maximum absolute atomic E-state index is 13.2. The van der Waals surface area contributed by atoms with Gasteiger partial charge in [-0.3, -0.25) is 4.79 Å². The third-order valence-electron chi connectivity index (χ3n) is 4.61. The molecule has 0 aliphatic rings. The molecule has 3 rings (SSSR count). The number of aromatic amines is 1. The maximum Gasteiger partial charge on any atom is 0.417 e. The zero-order chi connectivity index (χ0) is 20.3. The van der Waals surface area contributed by atoms with E-state index in [4.69, 9.17) is 0 Å². The van der Waals surface area contributed by atoms with E-state index in [1.54, 1.807) is 13.0 Å². The van der Waals surface area contributed by atoms with Gasteiger partial charge in [0.2, 0.25) is 0 Å². The molecule has 1 aromatic carbocycles. The second-order valence-corrected chi connectivity index (χ2v) is 7.94. The van der Waals surface area contributed by atoms with Gasteiger partial charge < -0.3 is 15.6 Å². The fourth-order valence-corrected chi connectivity index (χ4v) is 4.29. The van der Waals surface area contributed by atoms with Crippen LogP contribution in [0.5, 0.6) is 0 Å². The van der Waals surface area contributed by atoms with E-state index in [-0.39, 0.29) is 24.4 Å². The van der Waals surface area contributed by atoms with Crippen molar-refractivity contribution in [2.45, 2.75) is 33.0 Å². The Kier molecular flexibility index (Phi) is 7.73. The molecule has 3 N–H and O–H groups in total. The number of fused-ring (bicyclic) bond motifs is 1. The summed E-state index contributed by atoms with van der Waals surface area (Å²) in [5.41, 5.74) is 0.516. The minimum absolute atomic E-state index is 0. The van der Waals surface area contributed by atoms with Crippen molar-refractivity contribution < 1.29 is 13.2 Å². The first-order chi connectivity index (χ1) is 13.3. The number of hydrogen-bond acceptors (Lipinski definition) is 4. The van der Waals surface area contributed by atoms with Crippen LogP contribution in [0.1, 0.15) is 27.3 Å². The Balaban J connectivity index is 0.00000300. The van der Waals surface area contributed by atoms with Crippen LogP contribution in [0.25, 0.3) is 10.9 Å². The van der Waals surface area contributed by atoms with E-state index in [9.17, 15) is 18.0 Å². The number of nitrogens with one attached hydrogen (secondary N) is 3. The number of aryl methyl sites for hydroxylation is 1. The molecule has 0 bridgehead atoms. The summed E-state index contributed by atoms with van der Waals surface area (Å²) in [5, 5.41) is 6.87. The molecule has 2 aromatic heterocycles. The summed E-state index contributed by atoms with van der Waals surface area (Å²) in [6.07, 6.45) is -3.62. The molecule has 29 heavy (non-hydrogen) atoms. The minimum atomic E-state index is -4.32. The summed E-state index contributed by atoms with van der Waals surface area (Å²) in [7, 11) is 0. The first-order valence-electron chi connectivity index (χ1n) is 9.00. The van der Waals surface area contributed by atoms with E-state index < -0.39 is 11.7 Å². The lowest BCUT2D eigenvalue weighted by atomic mass is 10.1. The number of pyridine rings is 1. The highest BCUT2D eigenvalue weighted by Crippen LogP contribution is 2.40. The van der Waals surface area contributed by atoms with E-state index in [2.05, 4.69) is 15.6 Å². The third kappa shape index (κ3) is 5.52. The maximum atomic E-state index is 13.2. The molecule has 0 aliphatic heterocycles. The second-order valence-electron chi connectivity index (χ2n) is 6.63. The Morgan fingerprint density at radius 3 is 2.59 bits per heavy atom. The van der Waals surface area contributed by atoms with Crippen molar-refractivity contribution in [3.8, 4) is 0 Å². The fourth-order valence-electron chi connectivity index (χ4n) is 3.12. The number of halogens is 4. The molecular weight excluding hydrogens is 423 g/mol. The van der Waals surface area contributed by atoms with Gasteiger partial charge in [0.25, 0.3) is 0 Å². The predicted molar refractivity (Wildman–Crippen MR) is 115 cm³/mol. The molecule has 0 saturated carbocycles. The lowest BCUT2D eigenvalue weighted by Crippen LogP contribution is -2.20. The van der Waals surface area contributed by atoms with Gasteiger partial charge in [0.05, 0.1) is 11.1 Å². The van der Waals surface area contributed by atoms with Crippen LogP contribution in [0.3, 0.4) is 0 Å². The SMILES string of the molecule is Cc1sc(CNCCCNc2cc(=O)c3ccccc3[nH]2)c(C(F)(F)F)c1C.Cl. The number of alkyl halides is 3. The van der Waals surface area contributed by atoms with E-state index in [1.165, 1.54) is 24.3 Å². The Morgan fingerprint density at radius 2 is 1.86 bits per heavy atom. The number of anilines is 1. The van der Waals surface area contributed by atoms with Crippen molar-refractivity contribution >= 4 is 40.5 Å². The molecule has 2 heterocycles. The highest BCUT2D eigenvalue weighted by atomic mass is 35.5. The topological polar surface area (TPSA) is 56.9 Å². The van der Waals surface area contributed by atoms with E-state index in [1.807, 2.05) is 18.2 Å². The van der Waals surface area contributed by atoms with Gasteiger partial charge in [0, 0.05) is 34.3 Å². The van der Waals surface area contributed by atoms with Crippen molar-refractivity contribution in [1.82, 2.24) is 10.3 Å². The number of para-hydroxylation sites is 1. The average molecular weight is 446 g/mol. The van der Waals surface area contributed by atoms with E-state index in [0.717, 1.165) is 5.52 Å². The number of thiophene rings is 1. The molecule has 0 atom stereocenters. The Bertz CT molecular complexity index is 1030. The first-order valence-corrected chi connectivity index (χ1v) is 9.81. The van der Waals surface area contributed by atoms with E-state index in [0.29, 0.717) is 46.0 Å². The molecule has 0 spiro atoms. The number of benzene rings is 1. The Morgan fingerprint density at radius 1 is 1.14 bits per heavy atom. The lowest BCUT2D eigenvalue weighted by Gasteiger charge is -2.11. The molecule has 158 valence electrons. The monoisotopic (exact) mass is 445 g/mol. The Hall–Kier alpha value is -2.03. The molecule has 4 nitrogen and oxygen atoms in total. The lowest BCUT2D eigenvalue weighted by molar-refractivity contribution is -0.138. The number of H-pyrrole nitrogens is 1. The molecule has 0 saturated heterocycles. The summed E-state index contributed by atoms with van der Waals surface area (Å²) in [6, 6.07) is 8.80. The van der Waals surface area contributed by atoms with Crippen molar-refractivity contribution in [3.05, 3.63) is 61.4 Å². The molecule has 0 amide bonds. The molecule has 3 aromatic rings. The summed E-state index contributed by atoms with van der Waals surface area (Å²) in [6.45, 7) is 4.59. The van der Waals surface area contributed by atoms with Gasteiger partial charge in [-0.25, -0.2) is 0 Å². The van der Waals surface area contributed by atoms with E-state index >= 15 is 0 Å². The van der Waals surface area contributed by atoms with Crippen molar-refractivity contribution in [2.75, 3.05) is 18.4 Å². The molecule has 0 aliphatic carbocycles. The summed E-state index contributed by atoms with van der Waals surface area (Å²) in [5.74, 6) is 0.632. The predicted octanol–water partition coefficient (Wildman–Crippen LogP) is 5.24. The average Bonchev–Trinajstić information content (AvgIpc) is 2.92. The van der Waals surface area contributed by atoms with Gasteiger partial charge in [-0.1, -0.05) is 12.1 Å². The van der Waals surface area contributed by atoms with Gasteiger partial charge in [0.15, 0.2) is 5.43 Å². The largest absolute Gasteiger partial charge is 0.417 e. The van der Waals surface area contributed by atoms with Crippen LogP contribution in [0.15, 0.2) is 35.1 Å². The zero-order valence-corrected chi connectivity index (χ0v) is 17.7. The highest BCUT2D eigenvalue weighted by molar-refractivity contribution is 7.12. The number of hydrogen-bond donors (Lipinski definition) is 3. The van der Waals surface area contributed by atoms with Gasteiger partial charge in [-0.2, -0.15) is 13.2 Å². The van der Waals surface area contributed by atoms with Crippen LogP contribution in [0, 0.1) is 13.8 Å².